The molecule has 0 saturated heterocycles. The summed E-state index contributed by atoms with van der Waals surface area (Å²) in [6.07, 6.45) is -0.710. The average Bonchev–Trinajstić information content (AvgIpc) is 2.73. The Morgan fingerprint density at radius 3 is 2.34 bits per heavy atom. The second-order valence-corrected chi connectivity index (χ2v) is 6.79. The Labute approximate surface area is 174 Å². The molecule has 0 saturated carbocycles. The largest absolute Gasteiger partial charge is 0.497 e. The number of nitrogens with one attached hydrogen (secondary N) is 1. The maximum Gasteiger partial charge on any atom is 0.255 e. The first kappa shape index (κ1) is 20.4. The minimum atomic E-state index is -0.710. The number of rotatable bonds is 7. The third-order valence-electron chi connectivity index (χ3n) is 4.22. The van der Waals surface area contributed by atoms with Crippen molar-refractivity contribution in [3.05, 3.63) is 88.9 Å². The minimum Gasteiger partial charge on any atom is -0.497 e. The van der Waals surface area contributed by atoms with Gasteiger partial charge in [-0.1, -0.05) is 35.9 Å². The van der Waals surface area contributed by atoms with Crippen molar-refractivity contribution in [1.29, 1.82) is 0 Å². The number of hydrogen-bond donors (Lipinski definition) is 1. The summed E-state index contributed by atoms with van der Waals surface area (Å²) in [6, 6.07) is 20.5. The molecule has 3 aromatic carbocycles. The van der Waals surface area contributed by atoms with Crippen LogP contribution in [0.3, 0.4) is 0 Å². The normalized spacial score (nSPS) is 11.4. The number of benzene rings is 3. The third kappa shape index (κ3) is 5.36. The van der Waals surface area contributed by atoms with Crippen molar-refractivity contribution in [2.75, 3.05) is 12.4 Å². The zero-order valence-electron chi connectivity index (χ0n) is 16.0. The molecular formula is C23H20ClNO4. The van der Waals surface area contributed by atoms with Gasteiger partial charge < -0.3 is 14.8 Å². The van der Waals surface area contributed by atoms with E-state index in [1.165, 1.54) is 0 Å². The Hall–Kier alpha value is -3.31. The Morgan fingerprint density at radius 1 is 0.897 bits per heavy atom. The highest BCUT2D eigenvalue weighted by atomic mass is 35.5. The van der Waals surface area contributed by atoms with Crippen LogP contribution in [0, 0.1) is 0 Å². The fourth-order valence-electron chi connectivity index (χ4n) is 2.75. The van der Waals surface area contributed by atoms with Gasteiger partial charge in [0.2, 0.25) is 5.78 Å². The molecule has 0 aromatic heterocycles. The Bertz CT molecular complexity index is 1030. The minimum absolute atomic E-state index is 0.182. The lowest BCUT2D eigenvalue weighted by molar-refractivity contribution is 0.0818. The molecule has 3 rings (SSSR count). The monoisotopic (exact) mass is 409 g/mol. The zero-order chi connectivity index (χ0) is 20.8. The summed E-state index contributed by atoms with van der Waals surface area (Å²) in [7, 11) is 1.55. The van der Waals surface area contributed by atoms with Crippen molar-refractivity contribution in [2.24, 2.45) is 0 Å². The highest BCUT2D eigenvalue weighted by molar-refractivity contribution is 6.31. The third-order valence-corrected chi connectivity index (χ3v) is 4.45. The molecule has 3 aromatic rings. The summed E-state index contributed by atoms with van der Waals surface area (Å²) >= 11 is 5.95. The van der Waals surface area contributed by atoms with E-state index in [-0.39, 0.29) is 11.7 Å². The summed E-state index contributed by atoms with van der Waals surface area (Å²) in [5.41, 5.74) is 1.50. The highest BCUT2D eigenvalue weighted by Gasteiger charge is 2.17. The summed E-state index contributed by atoms with van der Waals surface area (Å²) in [4.78, 5) is 25.0. The van der Waals surface area contributed by atoms with Crippen molar-refractivity contribution in [3.63, 3.8) is 0 Å². The fraction of sp³-hybridized carbons (Fsp3) is 0.130. The molecule has 0 radical (unpaired) electrons. The average molecular weight is 410 g/mol. The first-order valence-electron chi connectivity index (χ1n) is 8.98. The Morgan fingerprint density at radius 2 is 1.59 bits per heavy atom. The molecule has 1 atom stereocenters. The van der Waals surface area contributed by atoms with Gasteiger partial charge >= 0.3 is 0 Å². The van der Waals surface area contributed by atoms with E-state index in [0.29, 0.717) is 33.3 Å². The van der Waals surface area contributed by atoms with Crippen LogP contribution in [0.2, 0.25) is 5.02 Å². The summed E-state index contributed by atoms with van der Waals surface area (Å²) in [5, 5.41) is 3.31. The molecule has 0 fully saturated rings. The summed E-state index contributed by atoms with van der Waals surface area (Å²) in [6.45, 7) is 1.67. The zero-order valence-corrected chi connectivity index (χ0v) is 16.8. The van der Waals surface area contributed by atoms with Crippen LogP contribution in [-0.4, -0.2) is 24.9 Å². The van der Waals surface area contributed by atoms with E-state index in [0.717, 1.165) is 0 Å². The molecule has 5 nitrogen and oxygen atoms in total. The molecule has 1 N–H and O–H groups in total. The van der Waals surface area contributed by atoms with Crippen molar-refractivity contribution in [3.8, 4) is 11.5 Å². The van der Waals surface area contributed by atoms with E-state index in [1.54, 1.807) is 86.8 Å². The first-order valence-corrected chi connectivity index (χ1v) is 9.36. The summed E-state index contributed by atoms with van der Waals surface area (Å²) in [5.74, 6) is 0.613. The SMILES string of the molecule is COc1cccc(C(=O)Nc2cccc(OC(C)C(=O)c3cccc(Cl)c3)c2)c1. The number of hydrogen-bond acceptors (Lipinski definition) is 4. The number of carbonyl (C=O) groups is 2. The van der Waals surface area contributed by atoms with Crippen molar-refractivity contribution in [1.82, 2.24) is 0 Å². The topological polar surface area (TPSA) is 64.6 Å². The number of Topliss-reactive ketones (excluding diaryl/α,β-unsaturated/α-hetero) is 1. The lowest BCUT2D eigenvalue weighted by Crippen LogP contribution is -2.24. The number of carbonyl (C=O) groups excluding carboxylic acids is 2. The molecule has 1 amide bonds. The molecule has 6 heteroatoms. The van der Waals surface area contributed by atoms with E-state index in [4.69, 9.17) is 21.1 Å². The second kappa shape index (κ2) is 9.26. The standard InChI is InChI=1S/C23H20ClNO4/c1-15(22(26)16-6-3-8-18(24)12-16)29-21-11-5-9-19(14-21)25-23(27)17-7-4-10-20(13-17)28-2/h3-15H,1-2H3,(H,25,27). The number of halogens is 1. The van der Waals surface area contributed by atoms with E-state index >= 15 is 0 Å². The van der Waals surface area contributed by atoms with Gasteiger partial charge in [-0.05, 0) is 49.4 Å². The molecule has 0 aliphatic rings. The van der Waals surface area contributed by atoms with Crippen LogP contribution in [0.5, 0.6) is 11.5 Å². The van der Waals surface area contributed by atoms with Gasteiger partial charge in [0.05, 0.1) is 7.11 Å². The van der Waals surface area contributed by atoms with E-state index in [1.807, 2.05) is 0 Å². The molecule has 148 valence electrons. The van der Waals surface area contributed by atoms with Crippen LogP contribution in [0.25, 0.3) is 0 Å². The molecular weight excluding hydrogens is 390 g/mol. The first-order chi connectivity index (χ1) is 14.0. The van der Waals surface area contributed by atoms with Crippen LogP contribution in [-0.2, 0) is 0 Å². The van der Waals surface area contributed by atoms with Crippen LogP contribution in [0.15, 0.2) is 72.8 Å². The smallest absolute Gasteiger partial charge is 0.255 e. The molecule has 0 spiro atoms. The molecule has 0 aliphatic carbocycles. The molecule has 29 heavy (non-hydrogen) atoms. The van der Waals surface area contributed by atoms with Gasteiger partial charge in [0.25, 0.3) is 5.91 Å². The van der Waals surface area contributed by atoms with Gasteiger partial charge in [-0.3, -0.25) is 9.59 Å². The molecule has 1 unspecified atom stereocenters. The predicted molar refractivity (Wildman–Crippen MR) is 113 cm³/mol. The number of methoxy groups -OCH3 is 1. The van der Waals surface area contributed by atoms with E-state index < -0.39 is 6.10 Å². The number of anilines is 1. The van der Waals surface area contributed by atoms with Crippen LogP contribution < -0.4 is 14.8 Å². The number of ether oxygens (including phenoxy) is 2. The number of ketones is 1. The molecule has 0 aliphatic heterocycles. The number of amides is 1. The maximum atomic E-state index is 12.5. The van der Waals surface area contributed by atoms with Crippen molar-refractivity contribution in [2.45, 2.75) is 13.0 Å². The van der Waals surface area contributed by atoms with Crippen molar-refractivity contribution >= 4 is 29.0 Å². The lowest BCUT2D eigenvalue weighted by atomic mass is 10.1. The van der Waals surface area contributed by atoms with Gasteiger partial charge in [-0.15, -0.1) is 0 Å². The van der Waals surface area contributed by atoms with Gasteiger partial charge in [-0.25, -0.2) is 0 Å². The maximum absolute atomic E-state index is 12.5. The van der Waals surface area contributed by atoms with E-state index in [2.05, 4.69) is 5.32 Å². The fourth-order valence-corrected chi connectivity index (χ4v) is 2.94. The summed E-state index contributed by atoms with van der Waals surface area (Å²) < 4.78 is 10.9. The molecule has 0 bridgehead atoms. The van der Waals surface area contributed by atoms with Crippen LogP contribution in [0.1, 0.15) is 27.6 Å². The van der Waals surface area contributed by atoms with Gasteiger partial charge in [0.15, 0.2) is 6.10 Å². The van der Waals surface area contributed by atoms with Crippen molar-refractivity contribution < 1.29 is 19.1 Å². The molecule has 0 heterocycles. The van der Waals surface area contributed by atoms with Crippen LogP contribution >= 0.6 is 11.6 Å². The quantitative estimate of drug-likeness (QED) is 0.541. The van der Waals surface area contributed by atoms with Crippen LogP contribution in [0.4, 0.5) is 5.69 Å². The van der Waals surface area contributed by atoms with Gasteiger partial charge in [-0.2, -0.15) is 0 Å². The Balaban J connectivity index is 1.69. The van der Waals surface area contributed by atoms with Gasteiger partial charge in [0.1, 0.15) is 11.5 Å². The lowest BCUT2D eigenvalue weighted by Gasteiger charge is -2.15. The second-order valence-electron chi connectivity index (χ2n) is 6.35. The van der Waals surface area contributed by atoms with Gasteiger partial charge in [0, 0.05) is 27.9 Å². The Kier molecular flexibility index (Phi) is 6.52. The highest BCUT2D eigenvalue weighted by Crippen LogP contribution is 2.22. The predicted octanol–water partition coefficient (Wildman–Crippen LogP) is 5.25. The van der Waals surface area contributed by atoms with E-state index in [9.17, 15) is 9.59 Å².